The summed E-state index contributed by atoms with van der Waals surface area (Å²) in [4.78, 5) is 4.37. The van der Waals surface area contributed by atoms with Crippen molar-refractivity contribution in [2.24, 2.45) is 0 Å². The van der Waals surface area contributed by atoms with Crippen LogP contribution in [0.4, 0.5) is 5.69 Å². The molecule has 0 fully saturated rings. The van der Waals surface area contributed by atoms with Crippen molar-refractivity contribution in [2.45, 2.75) is 6.92 Å². The molecule has 0 bridgehead atoms. The van der Waals surface area contributed by atoms with Gasteiger partial charge < -0.3 is 10.3 Å². The van der Waals surface area contributed by atoms with Crippen LogP contribution in [0.1, 0.15) is 5.56 Å². The zero-order valence-electron chi connectivity index (χ0n) is 10.8. The van der Waals surface area contributed by atoms with E-state index in [1.54, 1.807) is 6.07 Å². The zero-order chi connectivity index (χ0) is 14.1. The van der Waals surface area contributed by atoms with Crippen molar-refractivity contribution in [3.8, 4) is 22.8 Å². The monoisotopic (exact) mass is 285 g/mol. The van der Waals surface area contributed by atoms with E-state index >= 15 is 0 Å². The van der Waals surface area contributed by atoms with Gasteiger partial charge in [-0.3, -0.25) is 0 Å². The van der Waals surface area contributed by atoms with Crippen molar-refractivity contribution >= 4 is 17.3 Å². The lowest BCUT2D eigenvalue weighted by Crippen LogP contribution is -1.90. The van der Waals surface area contributed by atoms with Crippen molar-refractivity contribution in [1.29, 1.82) is 0 Å². The number of nitrogens with zero attached hydrogens (tertiary/aromatic N) is 2. The smallest absolute Gasteiger partial charge is 0.259 e. The molecule has 0 amide bonds. The highest BCUT2D eigenvalue weighted by molar-refractivity contribution is 6.33. The first-order chi connectivity index (χ1) is 9.66. The molecule has 1 aromatic heterocycles. The number of para-hydroxylation sites is 1. The molecule has 0 aliphatic heterocycles. The number of benzene rings is 2. The minimum Gasteiger partial charge on any atom is -0.398 e. The summed E-state index contributed by atoms with van der Waals surface area (Å²) in [5.74, 6) is 0.840. The maximum atomic E-state index is 6.26. The Kier molecular flexibility index (Phi) is 3.16. The van der Waals surface area contributed by atoms with Gasteiger partial charge in [0.15, 0.2) is 0 Å². The third-order valence-electron chi connectivity index (χ3n) is 3.05. The van der Waals surface area contributed by atoms with Crippen molar-refractivity contribution in [2.75, 3.05) is 5.73 Å². The van der Waals surface area contributed by atoms with Crippen molar-refractivity contribution in [1.82, 2.24) is 10.1 Å². The largest absolute Gasteiger partial charge is 0.398 e. The molecule has 2 N–H and O–H groups in total. The average molecular weight is 286 g/mol. The number of halogens is 1. The van der Waals surface area contributed by atoms with Gasteiger partial charge >= 0.3 is 0 Å². The first kappa shape index (κ1) is 12.7. The van der Waals surface area contributed by atoms with Crippen LogP contribution in [0.15, 0.2) is 47.0 Å². The number of nitrogens with two attached hydrogens (primary N) is 1. The van der Waals surface area contributed by atoms with Gasteiger partial charge in [0, 0.05) is 11.3 Å². The molecular formula is C15H12ClN3O. The van der Waals surface area contributed by atoms with E-state index in [0.29, 0.717) is 22.4 Å². The van der Waals surface area contributed by atoms with Crippen molar-refractivity contribution in [3.63, 3.8) is 0 Å². The van der Waals surface area contributed by atoms with Gasteiger partial charge in [0.05, 0.1) is 10.6 Å². The predicted octanol–water partition coefficient (Wildman–Crippen LogP) is 3.95. The Morgan fingerprint density at radius 2 is 1.80 bits per heavy atom. The van der Waals surface area contributed by atoms with E-state index in [2.05, 4.69) is 10.1 Å². The Morgan fingerprint density at radius 1 is 1.05 bits per heavy atom. The lowest BCUT2D eigenvalue weighted by Gasteiger charge is -2.01. The second-order valence-electron chi connectivity index (χ2n) is 4.45. The lowest BCUT2D eigenvalue weighted by atomic mass is 10.1. The lowest BCUT2D eigenvalue weighted by molar-refractivity contribution is 0.432. The molecule has 0 aliphatic carbocycles. The highest BCUT2D eigenvalue weighted by atomic mass is 35.5. The molecule has 3 aromatic rings. The molecule has 5 heteroatoms. The quantitative estimate of drug-likeness (QED) is 0.724. The molecular weight excluding hydrogens is 274 g/mol. The molecule has 0 aliphatic rings. The van der Waals surface area contributed by atoms with Crippen LogP contribution in [-0.4, -0.2) is 10.1 Å². The van der Waals surface area contributed by atoms with Crippen LogP contribution >= 0.6 is 11.6 Å². The summed E-state index contributed by atoms with van der Waals surface area (Å²) in [6, 6.07) is 13.1. The molecule has 20 heavy (non-hydrogen) atoms. The Bertz CT molecular complexity index is 767. The van der Waals surface area contributed by atoms with Gasteiger partial charge in [-0.05, 0) is 30.7 Å². The van der Waals surface area contributed by atoms with E-state index in [4.69, 9.17) is 21.9 Å². The normalized spacial score (nSPS) is 10.7. The van der Waals surface area contributed by atoms with E-state index in [1.165, 1.54) is 0 Å². The van der Waals surface area contributed by atoms with Crippen LogP contribution in [0.2, 0.25) is 5.02 Å². The number of anilines is 1. The van der Waals surface area contributed by atoms with E-state index in [-0.39, 0.29) is 0 Å². The SMILES string of the molecule is Cc1cccc(-c2nc(-c3ccccc3N)no2)c1Cl. The third-order valence-corrected chi connectivity index (χ3v) is 3.55. The summed E-state index contributed by atoms with van der Waals surface area (Å²) in [6.07, 6.45) is 0. The maximum Gasteiger partial charge on any atom is 0.259 e. The topological polar surface area (TPSA) is 64.9 Å². The summed E-state index contributed by atoms with van der Waals surface area (Å²) < 4.78 is 5.29. The first-order valence-corrected chi connectivity index (χ1v) is 6.48. The summed E-state index contributed by atoms with van der Waals surface area (Å²) in [7, 11) is 0. The molecule has 2 aromatic carbocycles. The van der Waals surface area contributed by atoms with Crippen LogP contribution in [0.5, 0.6) is 0 Å². The number of aryl methyl sites for hydroxylation is 1. The van der Waals surface area contributed by atoms with Crippen LogP contribution in [-0.2, 0) is 0 Å². The van der Waals surface area contributed by atoms with E-state index < -0.39 is 0 Å². The van der Waals surface area contributed by atoms with Crippen LogP contribution in [0, 0.1) is 6.92 Å². The van der Waals surface area contributed by atoms with Gasteiger partial charge in [-0.25, -0.2) is 0 Å². The van der Waals surface area contributed by atoms with Crippen LogP contribution in [0.25, 0.3) is 22.8 Å². The summed E-state index contributed by atoms with van der Waals surface area (Å²) in [6.45, 7) is 1.93. The number of aromatic nitrogens is 2. The zero-order valence-corrected chi connectivity index (χ0v) is 11.6. The average Bonchev–Trinajstić information content (AvgIpc) is 2.92. The van der Waals surface area contributed by atoms with Gasteiger partial charge in [0.2, 0.25) is 5.82 Å². The Balaban J connectivity index is 2.07. The van der Waals surface area contributed by atoms with Gasteiger partial charge in [-0.15, -0.1) is 0 Å². The Morgan fingerprint density at radius 3 is 2.60 bits per heavy atom. The number of hydrogen-bond acceptors (Lipinski definition) is 4. The van der Waals surface area contributed by atoms with Gasteiger partial charge in [-0.1, -0.05) is 41.0 Å². The molecule has 100 valence electrons. The fraction of sp³-hybridized carbons (Fsp3) is 0.0667. The maximum absolute atomic E-state index is 6.26. The number of hydrogen-bond donors (Lipinski definition) is 1. The predicted molar refractivity (Wildman–Crippen MR) is 79.3 cm³/mol. The molecule has 0 spiro atoms. The molecule has 0 radical (unpaired) electrons. The highest BCUT2D eigenvalue weighted by Crippen LogP contribution is 2.31. The highest BCUT2D eigenvalue weighted by Gasteiger charge is 2.15. The molecule has 0 saturated carbocycles. The molecule has 0 atom stereocenters. The summed E-state index contributed by atoms with van der Waals surface area (Å²) in [5, 5.41) is 4.58. The third kappa shape index (κ3) is 2.14. The van der Waals surface area contributed by atoms with Gasteiger partial charge in [0.25, 0.3) is 5.89 Å². The van der Waals surface area contributed by atoms with Crippen LogP contribution < -0.4 is 5.73 Å². The minimum absolute atomic E-state index is 0.386. The van der Waals surface area contributed by atoms with Crippen molar-refractivity contribution in [3.05, 3.63) is 53.1 Å². The van der Waals surface area contributed by atoms with Crippen molar-refractivity contribution < 1.29 is 4.52 Å². The van der Waals surface area contributed by atoms with E-state index in [1.807, 2.05) is 43.3 Å². The molecule has 4 nitrogen and oxygen atoms in total. The van der Waals surface area contributed by atoms with Gasteiger partial charge in [0.1, 0.15) is 0 Å². The van der Waals surface area contributed by atoms with E-state index in [9.17, 15) is 0 Å². The Hall–Kier alpha value is -2.33. The summed E-state index contributed by atoms with van der Waals surface area (Å²) in [5.41, 5.74) is 8.94. The molecule has 0 unspecified atom stereocenters. The Labute approximate surface area is 121 Å². The first-order valence-electron chi connectivity index (χ1n) is 6.11. The molecule has 1 heterocycles. The number of nitrogen functional groups attached to an aromatic ring is 1. The van der Waals surface area contributed by atoms with Crippen LogP contribution in [0.3, 0.4) is 0 Å². The molecule has 3 rings (SSSR count). The van der Waals surface area contributed by atoms with Gasteiger partial charge in [-0.2, -0.15) is 4.98 Å². The summed E-state index contributed by atoms with van der Waals surface area (Å²) >= 11 is 6.26. The number of rotatable bonds is 2. The minimum atomic E-state index is 0.386. The fourth-order valence-electron chi connectivity index (χ4n) is 1.96. The molecule has 0 saturated heterocycles. The van der Waals surface area contributed by atoms with E-state index in [0.717, 1.165) is 16.7 Å². The standard InChI is InChI=1S/C15H12ClN3O/c1-9-5-4-7-11(13(9)16)15-18-14(19-20-15)10-6-2-3-8-12(10)17/h2-8H,17H2,1H3. The second-order valence-corrected chi connectivity index (χ2v) is 4.82. The second kappa shape index (κ2) is 4.98. The fourth-order valence-corrected chi connectivity index (χ4v) is 2.16.